The maximum Gasteiger partial charge on any atom is 0.270 e. The van der Waals surface area contributed by atoms with Crippen molar-refractivity contribution in [3.63, 3.8) is 0 Å². The van der Waals surface area contributed by atoms with Crippen molar-refractivity contribution in [3.8, 4) is 11.3 Å². The lowest BCUT2D eigenvalue weighted by Crippen LogP contribution is -2.42. The third kappa shape index (κ3) is 5.20. The number of sulfonamides is 1. The summed E-state index contributed by atoms with van der Waals surface area (Å²) in [6.07, 6.45) is 0.344. The number of H-pyrrole nitrogens is 1. The first-order chi connectivity index (χ1) is 21.0. The van der Waals surface area contributed by atoms with Crippen LogP contribution in [0.15, 0.2) is 65.1 Å². The number of aromatic nitrogens is 1. The van der Waals surface area contributed by atoms with Crippen LogP contribution >= 0.6 is 0 Å². The van der Waals surface area contributed by atoms with E-state index in [9.17, 15) is 22.4 Å². The molecular weight excluding hydrogens is 587 g/mol. The van der Waals surface area contributed by atoms with Crippen molar-refractivity contribution in [2.75, 3.05) is 44.4 Å². The van der Waals surface area contributed by atoms with Crippen LogP contribution in [0.1, 0.15) is 38.1 Å². The van der Waals surface area contributed by atoms with Gasteiger partial charge >= 0.3 is 0 Å². The summed E-state index contributed by atoms with van der Waals surface area (Å²) in [5.41, 5.74) is 3.57. The van der Waals surface area contributed by atoms with E-state index in [1.807, 2.05) is 31.2 Å². The molecule has 3 heterocycles. The number of amides is 2. The molecule has 228 valence electrons. The SMILES string of the molecule is CNC(=O)c1c(-c2ccc(C)cc2)oc2cc(N(C)S(C)(=O)=O)c([C@@H]3CN(C(=O)c4cc5cccc(F)c5[nH]4)CCO3)cc12. The quantitative estimate of drug-likeness (QED) is 0.276. The first kappa shape index (κ1) is 29.4. The van der Waals surface area contributed by atoms with Gasteiger partial charge in [-0.3, -0.25) is 13.9 Å². The van der Waals surface area contributed by atoms with Crippen LogP contribution in [0, 0.1) is 12.7 Å². The van der Waals surface area contributed by atoms with Gasteiger partial charge in [-0.15, -0.1) is 0 Å². The fourth-order valence-corrected chi connectivity index (χ4v) is 6.06. The Morgan fingerprint density at radius 1 is 1.11 bits per heavy atom. The molecule has 1 atom stereocenters. The lowest BCUT2D eigenvalue weighted by Gasteiger charge is -2.34. The summed E-state index contributed by atoms with van der Waals surface area (Å²) in [4.78, 5) is 31.2. The van der Waals surface area contributed by atoms with Gasteiger partial charge in [0.25, 0.3) is 11.8 Å². The molecule has 0 bridgehead atoms. The summed E-state index contributed by atoms with van der Waals surface area (Å²) in [6.45, 7) is 2.49. The van der Waals surface area contributed by atoms with Crippen LogP contribution in [-0.4, -0.2) is 70.2 Å². The van der Waals surface area contributed by atoms with Crippen LogP contribution in [0.5, 0.6) is 0 Å². The lowest BCUT2D eigenvalue weighted by molar-refractivity contribution is -0.0226. The number of para-hydroxylation sites is 1. The minimum atomic E-state index is -3.72. The lowest BCUT2D eigenvalue weighted by atomic mass is 9.98. The van der Waals surface area contributed by atoms with Gasteiger partial charge in [0.05, 0.1) is 36.2 Å². The largest absolute Gasteiger partial charge is 0.455 e. The predicted octanol–water partition coefficient (Wildman–Crippen LogP) is 5.00. The molecule has 1 aliphatic rings. The van der Waals surface area contributed by atoms with Gasteiger partial charge in [-0.05, 0) is 25.1 Å². The number of nitrogens with zero attached hydrogens (tertiary/aromatic N) is 2. The number of nitrogens with one attached hydrogen (secondary N) is 2. The number of hydrogen-bond acceptors (Lipinski definition) is 6. The number of carbonyl (C=O) groups is 2. The molecule has 3 aromatic carbocycles. The van der Waals surface area contributed by atoms with Gasteiger partial charge < -0.3 is 24.4 Å². The molecule has 0 saturated carbocycles. The Morgan fingerprint density at radius 3 is 2.55 bits per heavy atom. The first-order valence-electron chi connectivity index (χ1n) is 14.0. The van der Waals surface area contributed by atoms with Crippen molar-refractivity contribution < 1.29 is 31.6 Å². The number of rotatable bonds is 6. The molecule has 44 heavy (non-hydrogen) atoms. The van der Waals surface area contributed by atoms with Crippen LogP contribution in [0.2, 0.25) is 0 Å². The van der Waals surface area contributed by atoms with Crippen molar-refractivity contribution in [2.45, 2.75) is 13.0 Å². The van der Waals surface area contributed by atoms with E-state index >= 15 is 0 Å². The number of halogens is 1. The number of ether oxygens (including phenoxy) is 1. The van der Waals surface area contributed by atoms with Gasteiger partial charge in [0, 0.05) is 48.6 Å². The summed E-state index contributed by atoms with van der Waals surface area (Å²) in [7, 11) is -0.774. The highest BCUT2D eigenvalue weighted by molar-refractivity contribution is 7.92. The number of morpholine rings is 1. The summed E-state index contributed by atoms with van der Waals surface area (Å²) in [5, 5.41) is 3.72. The molecule has 5 aromatic rings. The fourth-order valence-electron chi connectivity index (χ4n) is 5.54. The molecule has 0 spiro atoms. The Labute approximate surface area is 253 Å². The van der Waals surface area contributed by atoms with Crippen LogP contribution in [-0.2, 0) is 14.8 Å². The standard InChI is InChI=1S/C32H31FN4O6S/c1-18-8-10-19(11-9-18)30-28(31(38)34-2)22-15-21(25(16-26(22)43-30)36(3)44(4,40)41)27-17-37(12-13-42-27)32(39)24-14-20-6-5-7-23(33)29(20)35-24/h5-11,14-16,27,35H,12-13,17H2,1-4H3,(H,34,38)/t27-/m0/s1. The normalized spacial score (nSPS) is 15.6. The average Bonchev–Trinajstić information content (AvgIpc) is 3.62. The minimum Gasteiger partial charge on any atom is -0.455 e. The van der Waals surface area contributed by atoms with Crippen molar-refractivity contribution in [3.05, 3.63) is 88.9 Å². The number of aromatic amines is 1. The van der Waals surface area contributed by atoms with Crippen LogP contribution in [0.3, 0.4) is 0 Å². The monoisotopic (exact) mass is 618 g/mol. The Hall–Kier alpha value is -4.68. The number of carbonyl (C=O) groups excluding carboxylic acids is 2. The topological polar surface area (TPSA) is 125 Å². The van der Waals surface area contributed by atoms with Gasteiger partial charge in [0.1, 0.15) is 29.0 Å². The second-order valence-corrected chi connectivity index (χ2v) is 12.9. The molecule has 12 heteroatoms. The molecule has 2 N–H and O–H groups in total. The highest BCUT2D eigenvalue weighted by atomic mass is 32.2. The smallest absolute Gasteiger partial charge is 0.270 e. The van der Waals surface area contributed by atoms with Gasteiger partial charge in [0.2, 0.25) is 10.0 Å². The molecule has 6 rings (SSSR count). The fraction of sp³-hybridized carbons (Fsp3) is 0.250. The third-order valence-corrected chi connectivity index (χ3v) is 9.17. The Balaban J connectivity index is 1.46. The van der Waals surface area contributed by atoms with Gasteiger partial charge in [-0.2, -0.15) is 0 Å². The van der Waals surface area contributed by atoms with Gasteiger partial charge in [-0.1, -0.05) is 42.0 Å². The van der Waals surface area contributed by atoms with E-state index in [0.29, 0.717) is 44.5 Å². The maximum absolute atomic E-state index is 14.3. The third-order valence-electron chi connectivity index (χ3n) is 7.98. The second-order valence-electron chi connectivity index (χ2n) is 10.9. The van der Waals surface area contributed by atoms with E-state index in [1.54, 1.807) is 35.2 Å². The number of benzene rings is 3. The summed E-state index contributed by atoms with van der Waals surface area (Å²) in [5.74, 6) is -0.831. The van der Waals surface area contributed by atoms with Gasteiger partial charge in [-0.25, -0.2) is 12.8 Å². The van der Waals surface area contributed by atoms with E-state index < -0.39 is 21.9 Å². The summed E-state index contributed by atoms with van der Waals surface area (Å²) < 4.78 is 53.3. The van der Waals surface area contributed by atoms with Crippen molar-refractivity contribution in [1.29, 1.82) is 0 Å². The highest BCUT2D eigenvalue weighted by Crippen LogP contribution is 2.41. The molecule has 1 fully saturated rings. The molecule has 10 nitrogen and oxygen atoms in total. The summed E-state index contributed by atoms with van der Waals surface area (Å²) in [6, 6.07) is 17.0. The van der Waals surface area contributed by atoms with Crippen LogP contribution < -0.4 is 9.62 Å². The van der Waals surface area contributed by atoms with Crippen molar-refractivity contribution in [1.82, 2.24) is 15.2 Å². The zero-order valence-corrected chi connectivity index (χ0v) is 25.4. The average molecular weight is 619 g/mol. The molecule has 1 aliphatic heterocycles. The van der Waals surface area contributed by atoms with Crippen LogP contribution in [0.4, 0.5) is 10.1 Å². The molecule has 0 aliphatic carbocycles. The molecule has 1 saturated heterocycles. The molecule has 0 unspecified atom stereocenters. The van der Waals surface area contributed by atoms with E-state index in [4.69, 9.17) is 9.15 Å². The zero-order chi connectivity index (χ0) is 31.3. The summed E-state index contributed by atoms with van der Waals surface area (Å²) >= 11 is 0. The van der Waals surface area contributed by atoms with Crippen molar-refractivity contribution >= 4 is 49.4 Å². The van der Waals surface area contributed by atoms with E-state index in [2.05, 4.69) is 10.3 Å². The Morgan fingerprint density at radius 2 is 1.86 bits per heavy atom. The number of furan rings is 1. The first-order valence-corrected chi connectivity index (χ1v) is 15.8. The number of aryl methyl sites for hydroxylation is 1. The number of anilines is 1. The highest BCUT2D eigenvalue weighted by Gasteiger charge is 2.32. The van der Waals surface area contributed by atoms with E-state index in [1.165, 1.54) is 20.2 Å². The Kier molecular flexibility index (Phi) is 7.42. The minimum absolute atomic E-state index is 0.0881. The molecular formula is C32H31FN4O6S. The predicted molar refractivity (Wildman–Crippen MR) is 166 cm³/mol. The van der Waals surface area contributed by atoms with Crippen LogP contribution in [0.25, 0.3) is 33.2 Å². The van der Waals surface area contributed by atoms with E-state index in [0.717, 1.165) is 16.1 Å². The van der Waals surface area contributed by atoms with E-state index in [-0.39, 0.29) is 42.7 Å². The molecule has 0 radical (unpaired) electrons. The number of hydrogen-bond donors (Lipinski definition) is 2. The number of fused-ring (bicyclic) bond motifs is 2. The van der Waals surface area contributed by atoms with Crippen molar-refractivity contribution in [2.24, 2.45) is 0 Å². The van der Waals surface area contributed by atoms with Gasteiger partial charge in [0.15, 0.2) is 0 Å². The second kappa shape index (κ2) is 11.1. The maximum atomic E-state index is 14.3. The molecule has 2 amide bonds. The Bertz CT molecular complexity index is 2030. The molecule has 2 aromatic heterocycles. The zero-order valence-electron chi connectivity index (χ0n) is 24.6.